The Morgan fingerprint density at radius 2 is 1.35 bits per heavy atom. The summed E-state index contributed by atoms with van der Waals surface area (Å²) in [4.78, 5) is 0. The molecule has 0 aliphatic rings. The Hall–Kier alpha value is -1.60. The van der Waals surface area contributed by atoms with E-state index in [0.29, 0.717) is 0 Å². The first kappa shape index (κ1) is 11.9. The van der Waals surface area contributed by atoms with Crippen molar-refractivity contribution in [2.24, 2.45) is 0 Å². The molecule has 2 aromatic rings. The lowest BCUT2D eigenvalue weighted by atomic mass is 10.2. The lowest BCUT2D eigenvalue weighted by Crippen LogP contribution is -2.52. The van der Waals surface area contributed by atoms with E-state index in [1.54, 1.807) is 0 Å². The van der Waals surface area contributed by atoms with E-state index in [1.807, 2.05) is 6.08 Å². The molecule has 0 atom stereocenters. The first-order chi connectivity index (χ1) is 8.14. The van der Waals surface area contributed by atoms with Gasteiger partial charge in [-0.1, -0.05) is 90.7 Å². The summed E-state index contributed by atoms with van der Waals surface area (Å²) in [6.45, 7) is 8.58. The maximum Gasteiger partial charge on any atom is 0.112 e. The SMILES string of the molecule is C=Cc1ccc([Si](C)(C)c2ccccc2)cc1. The second-order valence-electron chi connectivity index (χ2n) is 4.82. The lowest BCUT2D eigenvalue weighted by Gasteiger charge is -2.23. The summed E-state index contributed by atoms with van der Waals surface area (Å²) in [5.74, 6) is 0. The molecule has 0 unspecified atom stereocenters. The number of hydrogen-bond acceptors (Lipinski definition) is 0. The normalized spacial score (nSPS) is 11.2. The van der Waals surface area contributed by atoms with Crippen LogP contribution in [0.3, 0.4) is 0 Å². The molecule has 0 saturated carbocycles. The van der Waals surface area contributed by atoms with E-state index < -0.39 is 8.07 Å². The smallest absolute Gasteiger partial charge is 0.0985 e. The van der Waals surface area contributed by atoms with E-state index in [1.165, 1.54) is 15.9 Å². The molecule has 0 aliphatic carbocycles. The molecule has 0 bridgehead atoms. The Bertz CT molecular complexity index is 495. The van der Waals surface area contributed by atoms with Crippen LogP contribution in [0.5, 0.6) is 0 Å². The van der Waals surface area contributed by atoms with E-state index in [-0.39, 0.29) is 0 Å². The minimum atomic E-state index is -1.53. The molecule has 0 N–H and O–H groups in total. The Kier molecular flexibility index (Phi) is 3.30. The van der Waals surface area contributed by atoms with Gasteiger partial charge in [0.2, 0.25) is 0 Å². The van der Waals surface area contributed by atoms with Crippen molar-refractivity contribution < 1.29 is 0 Å². The molecule has 0 saturated heterocycles. The van der Waals surface area contributed by atoms with Gasteiger partial charge in [-0.05, 0) is 5.56 Å². The van der Waals surface area contributed by atoms with Crippen LogP contribution in [0, 0.1) is 0 Å². The Labute approximate surface area is 105 Å². The third-order valence-corrected chi connectivity index (χ3v) is 6.92. The molecule has 2 rings (SSSR count). The van der Waals surface area contributed by atoms with Gasteiger partial charge in [-0.2, -0.15) is 0 Å². The minimum Gasteiger partial charge on any atom is -0.0985 e. The zero-order valence-corrected chi connectivity index (χ0v) is 11.5. The Balaban J connectivity index is 2.40. The lowest BCUT2D eigenvalue weighted by molar-refractivity contribution is 1.65. The summed E-state index contributed by atoms with van der Waals surface area (Å²) in [5.41, 5.74) is 1.19. The van der Waals surface area contributed by atoms with Crippen LogP contribution in [0.2, 0.25) is 13.1 Å². The average Bonchev–Trinajstić information content (AvgIpc) is 2.40. The van der Waals surface area contributed by atoms with Gasteiger partial charge in [0.15, 0.2) is 0 Å². The molecule has 1 heteroatoms. The minimum absolute atomic E-state index is 1.19. The Morgan fingerprint density at radius 1 is 0.824 bits per heavy atom. The number of rotatable bonds is 3. The maximum absolute atomic E-state index is 3.79. The molecule has 0 amide bonds. The predicted molar refractivity (Wildman–Crippen MR) is 79.7 cm³/mol. The van der Waals surface area contributed by atoms with Crippen LogP contribution in [0.4, 0.5) is 0 Å². The van der Waals surface area contributed by atoms with Gasteiger partial charge in [0.05, 0.1) is 0 Å². The highest BCUT2D eigenvalue weighted by atomic mass is 28.3. The molecule has 17 heavy (non-hydrogen) atoms. The van der Waals surface area contributed by atoms with E-state index >= 15 is 0 Å². The van der Waals surface area contributed by atoms with Gasteiger partial charge in [-0.25, -0.2) is 0 Å². The molecule has 0 aliphatic heterocycles. The fourth-order valence-electron chi connectivity index (χ4n) is 2.06. The monoisotopic (exact) mass is 238 g/mol. The van der Waals surface area contributed by atoms with Gasteiger partial charge in [0, 0.05) is 0 Å². The fourth-order valence-corrected chi connectivity index (χ4v) is 4.42. The average molecular weight is 238 g/mol. The van der Waals surface area contributed by atoms with E-state index in [9.17, 15) is 0 Å². The summed E-state index contributed by atoms with van der Waals surface area (Å²) in [6, 6.07) is 19.6. The molecule has 0 fully saturated rings. The van der Waals surface area contributed by atoms with Crippen LogP contribution in [-0.4, -0.2) is 8.07 Å². The highest BCUT2D eigenvalue weighted by Gasteiger charge is 2.25. The molecule has 0 spiro atoms. The second-order valence-corrected chi connectivity index (χ2v) is 9.22. The van der Waals surface area contributed by atoms with Crippen LogP contribution in [0.1, 0.15) is 5.56 Å². The van der Waals surface area contributed by atoms with Gasteiger partial charge in [-0.15, -0.1) is 0 Å². The molecule has 86 valence electrons. The number of benzene rings is 2. The zero-order chi connectivity index (χ0) is 12.3. The van der Waals surface area contributed by atoms with E-state index in [0.717, 1.165) is 0 Å². The van der Waals surface area contributed by atoms with Crippen LogP contribution < -0.4 is 10.4 Å². The van der Waals surface area contributed by atoms with Crippen molar-refractivity contribution in [1.29, 1.82) is 0 Å². The molecule has 2 aromatic carbocycles. The van der Waals surface area contributed by atoms with Gasteiger partial charge < -0.3 is 0 Å². The Morgan fingerprint density at radius 3 is 1.88 bits per heavy atom. The third-order valence-electron chi connectivity index (χ3n) is 3.36. The van der Waals surface area contributed by atoms with Gasteiger partial charge in [-0.3, -0.25) is 0 Å². The standard InChI is InChI=1S/C16H18Si/c1-4-14-10-12-16(13-11-14)17(2,3)15-8-6-5-7-9-15/h4-13H,1H2,2-3H3. The van der Waals surface area contributed by atoms with Crippen LogP contribution in [-0.2, 0) is 0 Å². The van der Waals surface area contributed by atoms with Crippen molar-refractivity contribution in [3.05, 3.63) is 66.7 Å². The summed E-state index contributed by atoms with van der Waals surface area (Å²) >= 11 is 0. The summed E-state index contributed by atoms with van der Waals surface area (Å²) in [6.07, 6.45) is 1.89. The highest BCUT2D eigenvalue weighted by molar-refractivity contribution is 7.00. The highest BCUT2D eigenvalue weighted by Crippen LogP contribution is 2.06. The quantitative estimate of drug-likeness (QED) is 0.721. The van der Waals surface area contributed by atoms with Gasteiger partial charge >= 0.3 is 0 Å². The molecular formula is C16H18Si. The van der Waals surface area contributed by atoms with E-state index in [4.69, 9.17) is 0 Å². The molecule has 0 radical (unpaired) electrons. The fraction of sp³-hybridized carbons (Fsp3) is 0.125. The van der Waals surface area contributed by atoms with Crippen molar-refractivity contribution >= 4 is 24.5 Å². The van der Waals surface area contributed by atoms with Crippen LogP contribution >= 0.6 is 0 Å². The van der Waals surface area contributed by atoms with Crippen LogP contribution in [0.15, 0.2) is 61.2 Å². The molecule has 0 heterocycles. The maximum atomic E-state index is 3.79. The van der Waals surface area contributed by atoms with Crippen molar-refractivity contribution in [3.8, 4) is 0 Å². The van der Waals surface area contributed by atoms with Crippen molar-refractivity contribution in [3.63, 3.8) is 0 Å². The molecule has 0 aromatic heterocycles. The second kappa shape index (κ2) is 4.72. The zero-order valence-electron chi connectivity index (χ0n) is 10.5. The van der Waals surface area contributed by atoms with Crippen molar-refractivity contribution in [1.82, 2.24) is 0 Å². The first-order valence-corrected chi connectivity index (χ1v) is 8.93. The summed E-state index contributed by atoms with van der Waals surface area (Å²) < 4.78 is 0. The van der Waals surface area contributed by atoms with Gasteiger partial charge in [0.25, 0.3) is 0 Å². The van der Waals surface area contributed by atoms with Crippen LogP contribution in [0.25, 0.3) is 6.08 Å². The topological polar surface area (TPSA) is 0 Å². The molecule has 0 nitrogen and oxygen atoms in total. The van der Waals surface area contributed by atoms with Gasteiger partial charge in [0.1, 0.15) is 8.07 Å². The molecular weight excluding hydrogens is 220 g/mol. The predicted octanol–water partition coefficient (Wildman–Crippen LogP) is 3.15. The largest absolute Gasteiger partial charge is 0.112 e. The summed E-state index contributed by atoms with van der Waals surface area (Å²) in [5, 5.41) is 2.95. The van der Waals surface area contributed by atoms with Crippen molar-refractivity contribution in [2.45, 2.75) is 13.1 Å². The first-order valence-electron chi connectivity index (χ1n) is 5.93. The summed E-state index contributed by atoms with van der Waals surface area (Å²) in [7, 11) is -1.53. The number of hydrogen-bond donors (Lipinski definition) is 0. The van der Waals surface area contributed by atoms with E-state index in [2.05, 4.69) is 74.3 Å². The van der Waals surface area contributed by atoms with Crippen molar-refractivity contribution in [2.75, 3.05) is 0 Å². The third kappa shape index (κ3) is 2.39.